The Balaban J connectivity index is 2.16. The van der Waals surface area contributed by atoms with E-state index in [0.717, 1.165) is 18.8 Å². The molecule has 0 spiro atoms. The highest BCUT2D eigenvalue weighted by Gasteiger charge is 2.17. The fourth-order valence-corrected chi connectivity index (χ4v) is 2.73. The van der Waals surface area contributed by atoms with Gasteiger partial charge in [0, 0.05) is 19.4 Å². The van der Waals surface area contributed by atoms with Gasteiger partial charge in [-0.15, -0.1) is 11.6 Å². The zero-order valence-corrected chi connectivity index (χ0v) is 11.5. The quantitative estimate of drug-likeness (QED) is 0.683. The van der Waals surface area contributed by atoms with E-state index >= 15 is 0 Å². The fraction of sp³-hybridized carbons (Fsp3) is 0.923. The molecule has 0 aliphatic heterocycles. The Morgan fingerprint density at radius 2 is 2.18 bits per heavy atom. The molecule has 1 N–H and O–H groups in total. The average Bonchev–Trinajstić information content (AvgIpc) is 2.80. The van der Waals surface area contributed by atoms with Crippen LogP contribution in [0.4, 0.5) is 0 Å². The normalized spacial score (nSPS) is 18.2. The minimum absolute atomic E-state index is 0.0635. The van der Waals surface area contributed by atoms with Crippen molar-refractivity contribution in [1.29, 1.82) is 0 Å². The van der Waals surface area contributed by atoms with Gasteiger partial charge in [-0.25, -0.2) is 0 Å². The maximum atomic E-state index is 11.8. The number of amides is 1. The van der Waals surface area contributed by atoms with Gasteiger partial charge in [0.05, 0.1) is 12.6 Å². The van der Waals surface area contributed by atoms with Gasteiger partial charge < -0.3 is 10.1 Å². The molecule has 17 heavy (non-hydrogen) atoms. The molecular formula is C13H24ClNO2. The lowest BCUT2D eigenvalue weighted by Gasteiger charge is -2.17. The molecule has 100 valence electrons. The van der Waals surface area contributed by atoms with E-state index < -0.39 is 0 Å². The van der Waals surface area contributed by atoms with Gasteiger partial charge in [0.1, 0.15) is 0 Å². The van der Waals surface area contributed by atoms with Crippen molar-refractivity contribution >= 4 is 17.5 Å². The van der Waals surface area contributed by atoms with E-state index in [0.29, 0.717) is 18.9 Å². The summed E-state index contributed by atoms with van der Waals surface area (Å²) in [7, 11) is 1.64. The predicted molar refractivity (Wildman–Crippen MR) is 70.3 cm³/mol. The standard InChI is InChI=1S/C13H24ClNO2/c1-17-10-12(8-9-14)15-13(16)7-6-11-4-2-3-5-11/h11-12H,2-10H2,1H3,(H,15,16). The molecule has 0 bridgehead atoms. The van der Waals surface area contributed by atoms with E-state index in [9.17, 15) is 4.79 Å². The summed E-state index contributed by atoms with van der Waals surface area (Å²) < 4.78 is 5.06. The first-order chi connectivity index (χ1) is 8.26. The predicted octanol–water partition coefficient (Wildman–Crippen LogP) is 2.72. The molecule has 1 amide bonds. The number of rotatable bonds is 8. The molecule has 0 aromatic carbocycles. The van der Waals surface area contributed by atoms with Gasteiger partial charge in [-0.3, -0.25) is 4.79 Å². The van der Waals surface area contributed by atoms with Crippen LogP contribution in [-0.2, 0) is 9.53 Å². The van der Waals surface area contributed by atoms with Crippen molar-refractivity contribution in [2.24, 2.45) is 5.92 Å². The number of carbonyl (C=O) groups is 1. The summed E-state index contributed by atoms with van der Waals surface area (Å²) in [5.74, 6) is 1.47. The van der Waals surface area contributed by atoms with Gasteiger partial charge in [0.15, 0.2) is 0 Å². The molecule has 0 saturated heterocycles. The zero-order chi connectivity index (χ0) is 12.5. The van der Waals surface area contributed by atoms with Gasteiger partial charge in [-0.1, -0.05) is 25.7 Å². The Hall–Kier alpha value is -0.280. The summed E-state index contributed by atoms with van der Waals surface area (Å²) in [6, 6.07) is 0.0635. The van der Waals surface area contributed by atoms with E-state index in [1.165, 1.54) is 25.7 Å². The van der Waals surface area contributed by atoms with Crippen LogP contribution in [-0.4, -0.2) is 31.5 Å². The average molecular weight is 262 g/mol. The van der Waals surface area contributed by atoms with Crippen LogP contribution in [0.2, 0.25) is 0 Å². The molecule has 1 rings (SSSR count). The smallest absolute Gasteiger partial charge is 0.220 e. The molecule has 1 aliphatic rings. The van der Waals surface area contributed by atoms with Crippen molar-refractivity contribution in [2.45, 2.75) is 51.0 Å². The van der Waals surface area contributed by atoms with Gasteiger partial charge in [-0.05, 0) is 18.8 Å². The number of nitrogens with one attached hydrogen (secondary N) is 1. The molecule has 0 radical (unpaired) electrons. The number of halogens is 1. The summed E-state index contributed by atoms with van der Waals surface area (Å²) in [4.78, 5) is 11.8. The molecule has 0 aromatic rings. The van der Waals surface area contributed by atoms with Crippen LogP contribution in [0.15, 0.2) is 0 Å². The second-order valence-corrected chi connectivity index (χ2v) is 5.26. The topological polar surface area (TPSA) is 38.3 Å². The van der Waals surface area contributed by atoms with Crippen LogP contribution >= 0.6 is 11.6 Å². The maximum Gasteiger partial charge on any atom is 0.220 e. The summed E-state index contributed by atoms with van der Waals surface area (Å²) in [6.07, 6.45) is 7.73. The van der Waals surface area contributed by atoms with Crippen LogP contribution < -0.4 is 5.32 Å². The third-order valence-corrected chi connectivity index (χ3v) is 3.66. The second-order valence-electron chi connectivity index (χ2n) is 4.89. The SMILES string of the molecule is COCC(CCCl)NC(=O)CCC1CCCC1. The highest BCUT2D eigenvalue weighted by Crippen LogP contribution is 2.28. The van der Waals surface area contributed by atoms with Gasteiger partial charge in [-0.2, -0.15) is 0 Å². The summed E-state index contributed by atoms with van der Waals surface area (Å²) in [5.41, 5.74) is 0. The number of ether oxygens (including phenoxy) is 1. The van der Waals surface area contributed by atoms with Crippen molar-refractivity contribution in [2.75, 3.05) is 19.6 Å². The lowest BCUT2D eigenvalue weighted by Crippen LogP contribution is -2.38. The zero-order valence-electron chi connectivity index (χ0n) is 10.7. The lowest BCUT2D eigenvalue weighted by molar-refractivity contribution is -0.122. The first-order valence-corrected chi connectivity index (χ1v) is 7.14. The first kappa shape index (κ1) is 14.8. The molecule has 1 fully saturated rings. The largest absolute Gasteiger partial charge is 0.383 e. The van der Waals surface area contributed by atoms with Crippen molar-refractivity contribution < 1.29 is 9.53 Å². The highest BCUT2D eigenvalue weighted by atomic mass is 35.5. The Morgan fingerprint density at radius 3 is 2.76 bits per heavy atom. The molecule has 4 heteroatoms. The maximum absolute atomic E-state index is 11.8. The number of carbonyl (C=O) groups excluding carboxylic acids is 1. The van der Waals surface area contributed by atoms with E-state index in [1.807, 2.05) is 0 Å². The minimum atomic E-state index is 0.0635. The molecule has 1 atom stereocenters. The first-order valence-electron chi connectivity index (χ1n) is 6.60. The van der Waals surface area contributed by atoms with Gasteiger partial charge in [0.2, 0.25) is 5.91 Å². The molecule has 1 saturated carbocycles. The number of alkyl halides is 1. The summed E-state index contributed by atoms with van der Waals surface area (Å²) in [6.45, 7) is 0.544. The van der Waals surface area contributed by atoms with Gasteiger partial charge >= 0.3 is 0 Å². The summed E-state index contributed by atoms with van der Waals surface area (Å²) in [5, 5.41) is 2.99. The monoisotopic (exact) mass is 261 g/mol. The van der Waals surface area contributed by atoms with Crippen LogP contribution in [0.1, 0.15) is 44.9 Å². The number of methoxy groups -OCH3 is 1. The van der Waals surface area contributed by atoms with E-state index in [1.54, 1.807) is 7.11 Å². The minimum Gasteiger partial charge on any atom is -0.383 e. The van der Waals surface area contributed by atoms with E-state index in [-0.39, 0.29) is 11.9 Å². The third kappa shape index (κ3) is 6.27. The van der Waals surface area contributed by atoms with Crippen molar-refractivity contribution in [3.63, 3.8) is 0 Å². The highest BCUT2D eigenvalue weighted by molar-refractivity contribution is 6.17. The number of hydrogen-bond acceptors (Lipinski definition) is 2. The Labute approximate surface area is 109 Å². The third-order valence-electron chi connectivity index (χ3n) is 3.44. The Kier molecular flexibility index (Phi) is 7.62. The molecule has 1 unspecified atom stereocenters. The molecule has 0 heterocycles. The lowest BCUT2D eigenvalue weighted by atomic mass is 10.0. The fourth-order valence-electron chi connectivity index (χ4n) is 2.46. The van der Waals surface area contributed by atoms with Crippen molar-refractivity contribution in [3.8, 4) is 0 Å². The van der Waals surface area contributed by atoms with E-state index in [4.69, 9.17) is 16.3 Å². The molecular weight excluding hydrogens is 238 g/mol. The van der Waals surface area contributed by atoms with Gasteiger partial charge in [0.25, 0.3) is 0 Å². The molecule has 3 nitrogen and oxygen atoms in total. The summed E-state index contributed by atoms with van der Waals surface area (Å²) >= 11 is 5.69. The van der Waals surface area contributed by atoms with Crippen LogP contribution in [0, 0.1) is 5.92 Å². The number of hydrogen-bond donors (Lipinski definition) is 1. The van der Waals surface area contributed by atoms with Crippen molar-refractivity contribution in [3.05, 3.63) is 0 Å². The van der Waals surface area contributed by atoms with Crippen LogP contribution in [0.5, 0.6) is 0 Å². The second kappa shape index (κ2) is 8.76. The Bertz CT molecular complexity index is 211. The van der Waals surface area contributed by atoms with Crippen LogP contribution in [0.25, 0.3) is 0 Å². The molecule has 1 aliphatic carbocycles. The van der Waals surface area contributed by atoms with Crippen LogP contribution in [0.3, 0.4) is 0 Å². The van der Waals surface area contributed by atoms with E-state index in [2.05, 4.69) is 5.32 Å². The molecule has 0 aromatic heterocycles. The van der Waals surface area contributed by atoms with Crippen molar-refractivity contribution in [1.82, 2.24) is 5.32 Å². The Morgan fingerprint density at radius 1 is 1.47 bits per heavy atom.